The van der Waals surface area contributed by atoms with Crippen LogP contribution in [0.1, 0.15) is 37.8 Å². The molecule has 0 radical (unpaired) electrons. The molecule has 1 amide bonds. The minimum Gasteiger partial charge on any atom is -0.350 e. The Morgan fingerprint density at radius 3 is 2.38 bits per heavy atom. The van der Waals surface area contributed by atoms with Crippen molar-refractivity contribution in [1.82, 2.24) is 20.0 Å². The van der Waals surface area contributed by atoms with Gasteiger partial charge in [-0.3, -0.25) is 9.48 Å². The SMILES string of the molecule is CC(C)N1CCC(NC(=O)/C=C/c2cn(Cc3ccccc3)nc2-c2ccccc2)CC1. The maximum Gasteiger partial charge on any atom is 0.244 e. The molecule has 0 saturated carbocycles. The second kappa shape index (κ2) is 10.4. The van der Waals surface area contributed by atoms with Gasteiger partial charge in [-0.15, -0.1) is 0 Å². The molecular formula is C27H32N4O. The quantitative estimate of drug-likeness (QED) is 0.560. The van der Waals surface area contributed by atoms with Crippen LogP contribution in [0.4, 0.5) is 0 Å². The van der Waals surface area contributed by atoms with Gasteiger partial charge in [-0.05, 0) is 38.3 Å². The molecule has 2 aromatic carbocycles. The van der Waals surface area contributed by atoms with Crippen LogP contribution in [-0.4, -0.2) is 45.8 Å². The first-order chi connectivity index (χ1) is 15.6. The van der Waals surface area contributed by atoms with Crippen LogP contribution in [-0.2, 0) is 11.3 Å². The lowest BCUT2D eigenvalue weighted by Gasteiger charge is -2.34. The van der Waals surface area contributed by atoms with Gasteiger partial charge in [0.1, 0.15) is 0 Å². The molecule has 166 valence electrons. The average Bonchev–Trinajstić information content (AvgIpc) is 3.22. The predicted molar refractivity (Wildman–Crippen MR) is 130 cm³/mol. The number of carbonyl (C=O) groups excluding carboxylic acids is 1. The van der Waals surface area contributed by atoms with E-state index in [1.165, 1.54) is 5.56 Å². The largest absolute Gasteiger partial charge is 0.350 e. The van der Waals surface area contributed by atoms with Gasteiger partial charge in [0, 0.05) is 48.6 Å². The number of amides is 1. The van der Waals surface area contributed by atoms with E-state index >= 15 is 0 Å². The van der Waals surface area contributed by atoms with Crippen LogP contribution >= 0.6 is 0 Å². The normalized spacial score (nSPS) is 15.5. The summed E-state index contributed by atoms with van der Waals surface area (Å²) in [4.78, 5) is 15.1. The maximum absolute atomic E-state index is 12.6. The topological polar surface area (TPSA) is 50.2 Å². The van der Waals surface area contributed by atoms with Crippen molar-refractivity contribution in [1.29, 1.82) is 0 Å². The molecule has 1 aliphatic rings. The summed E-state index contributed by atoms with van der Waals surface area (Å²) in [5.41, 5.74) is 4.06. The first-order valence-electron chi connectivity index (χ1n) is 11.5. The number of nitrogens with one attached hydrogen (secondary N) is 1. The van der Waals surface area contributed by atoms with Crippen LogP contribution < -0.4 is 5.32 Å². The Labute approximate surface area is 190 Å². The zero-order chi connectivity index (χ0) is 22.3. The molecule has 3 aromatic rings. The van der Waals surface area contributed by atoms with E-state index in [1.807, 2.05) is 53.4 Å². The third kappa shape index (κ3) is 5.74. The molecule has 2 heterocycles. The minimum atomic E-state index is -0.0391. The molecule has 5 nitrogen and oxygen atoms in total. The number of carbonyl (C=O) groups is 1. The van der Waals surface area contributed by atoms with Crippen LogP contribution in [0, 0.1) is 0 Å². The highest BCUT2D eigenvalue weighted by Gasteiger charge is 2.21. The molecule has 0 bridgehead atoms. The summed E-state index contributed by atoms with van der Waals surface area (Å²) in [7, 11) is 0. The van der Waals surface area contributed by atoms with Gasteiger partial charge in [-0.1, -0.05) is 60.7 Å². The van der Waals surface area contributed by atoms with Crippen molar-refractivity contribution in [3.63, 3.8) is 0 Å². The van der Waals surface area contributed by atoms with E-state index in [2.05, 4.69) is 48.3 Å². The molecule has 0 atom stereocenters. The van der Waals surface area contributed by atoms with Crippen molar-refractivity contribution in [2.45, 2.75) is 45.3 Å². The van der Waals surface area contributed by atoms with E-state index in [1.54, 1.807) is 6.08 Å². The lowest BCUT2D eigenvalue weighted by molar-refractivity contribution is -0.117. The van der Waals surface area contributed by atoms with Gasteiger partial charge in [0.25, 0.3) is 0 Å². The summed E-state index contributed by atoms with van der Waals surface area (Å²) in [5.74, 6) is -0.0391. The van der Waals surface area contributed by atoms with E-state index in [4.69, 9.17) is 5.10 Å². The third-order valence-corrected chi connectivity index (χ3v) is 6.05. The molecule has 4 rings (SSSR count). The molecule has 1 fully saturated rings. The van der Waals surface area contributed by atoms with Crippen molar-refractivity contribution < 1.29 is 4.79 Å². The van der Waals surface area contributed by atoms with Crippen LogP contribution in [0.25, 0.3) is 17.3 Å². The number of hydrogen-bond acceptors (Lipinski definition) is 3. The maximum atomic E-state index is 12.6. The number of hydrogen-bond donors (Lipinski definition) is 1. The first-order valence-corrected chi connectivity index (χ1v) is 11.5. The first kappa shape index (κ1) is 22.0. The number of likely N-dealkylation sites (tertiary alicyclic amines) is 1. The van der Waals surface area contributed by atoms with Crippen molar-refractivity contribution in [3.05, 3.63) is 84.1 Å². The van der Waals surface area contributed by atoms with Gasteiger partial charge >= 0.3 is 0 Å². The summed E-state index contributed by atoms with van der Waals surface area (Å²) in [6.45, 7) is 7.22. The molecule has 0 unspecified atom stereocenters. The molecule has 0 spiro atoms. The highest BCUT2D eigenvalue weighted by atomic mass is 16.1. The van der Waals surface area contributed by atoms with Gasteiger partial charge in [-0.25, -0.2) is 0 Å². The van der Waals surface area contributed by atoms with E-state index in [0.29, 0.717) is 12.6 Å². The average molecular weight is 429 g/mol. The lowest BCUT2D eigenvalue weighted by atomic mass is 10.0. The van der Waals surface area contributed by atoms with E-state index in [0.717, 1.165) is 42.8 Å². The number of aromatic nitrogens is 2. The molecule has 1 N–H and O–H groups in total. The summed E-state index contributed by atoms with van der Waals surface area (Å²) >= 11 is 0. The zero-order valence-corrected chi connectivity index (χ0v) is 18.9. The van der Waals surface area contributed by atoms with E-state index in [9.17, 15) is 4.79 Å². The Balaban J connectivity index is 1.46. The van der Waals surface area contributed by atoms with Crippen LogP contribution in [0.15, 0.2) is 72.9 Å². The summed E-state index contributed by atoms with van der Waals surface area (Å²) in [5, 5.41) is 8.00. The Morgan fingerprint density at radius 1 is 1.06 bits per heavy atom. The summed E-state index contributed by atoms with van der Waals surface area (Å²) < 4.78 is 1.94. The Hall–Kier alpha value is -3.18. The predicted octanol–water partition coefficient (Wildman–Crippen LogP) is 4.60. The van der Waals surface area contributed by atoms with Gasteiger partial charge in [-0.2, -0.15) is 5.10 Å². The fourth-order valence-electron chi connectivity index (χ4n) is 4.21. The number of piperidine rings is 1. The van der Waals surface area contributed by atoms with Crippen molar-refractivity contribution in [2.24, 2.45) is 0 Å². The number of rotatable bonds is 7. The molecule has 1 aromatic heterocycles. The third-order valence-electron chi connectivity index (χ3n) is 6.05. The second-order valence-electron chi connectivity index (χ2n) is 8.73. The summed E-state index contributed by atoms with van der Waals surface area (Å²) in [6, 6.07) is 21.2. The second-order valence-corrected chi connectivity index (χ2v) is 8.73. The molecule has 5 heteroatoms. The van der Waals surface area contributed by atoms with E-state index < -0.39 is 0 Å². The Morgan fingerprint density at radius 2 is 1.72 bits per heavy atom. The van der Waals surface area contributed by atoms with Crippen LogP contribution in [0.2, 0.25) is 0 Å². The fourth-order valence-corrected chi connectivity index (χ4v) is 4.21. The summed E-state index contributed by atoms with van der Waals surface area (Å²) in [6.07, 6.45) is 7.55. The van der Waals surface area contributed by atoms with Gasteiger partial charge in [0.2, 0.25) is 5.91 Å². The Kier molecular flexibility index (Phi) is 7.17. The minimum absolute atomic E-state index is 0.0391. The van der Waals surface area contributed by atoms with Crippen molar-refractivity contribution in [2.75, 3.05) is 13.1 Å². The number of benzene rings is 2. The van der Waals surface area contributed by atoms with Crippen molar-refractivity contribution >= 4 is 12.0 Å². The molecule has 0 aliphatic carbocycles. The lowest BCUT2D eigenvalue weighted by Crippen LogP contribution is -2.46. The van der Waals surface area contributed by atoms with Crippen LogP contribution in [0.5, 0.6) is 0 Å². The molecule has 32 heavy (non-hydrogen) atoms. The molecule has 1 aliphatic heterocycles. The smallest absolute Gasteiger partial charge is 0.244 e. The zero-order valence-electron chi connectivity index (χ0n) is 18.9. The van der Waals surface area contributed by atoms with E-state index in [-0.39, 0.29) is 11.9 Å². The van der Waals surface area contributed by atoms with Gasteiger partial charge in [0.15, 0.2) is 0 Å². The molecule has 1 saturated heterocycles. The highest BCUT2D eigenvalue weighted by molar-refractivity contribution is 5.93. The monoisotopic (exact) mass is 428 g/mol. The Bertz CT molecular complexity index is 1030. The fraction of sp³-hybridized carbons (Fsp3) is 0.333. The van der Waals surface area contributed by atoms with Gasteiger partial charge in [0.05, 0.1) is 12.2 Å². The van der Waals surface area contributed by atoms with Crippen molar-refractivity contribution in [3.8, 4) is 11.3 Å². The van der Waals surface area contributed by atoms with Gasteiger partial charge < -0.3 is 10.2 Å². The highest BCUT2D eigenvalue weighted by Crippen LogP contribution is 2.23. The molecular weight excluding hydrogens is 396 g/mol. The standard InChI is InChI=1S/C27H32N4O/c1-21(2)30-17-15-25(16-18-30)28-26(32)14-13-24-20-31(19-22-9-5-3-6-10-22)29-27(24)23-11-7-4-8-12-23/h3-14,20-21,25H,15-19H2,1-2H3,(H,28,32)/b14-13+. The van der Waals surface area contributed by atoms with Crippen LogP contribution in [0.3, 0.4) is 0 Å². The number of nitrogens with zero attached hydrogens (tertiary/aromatic N) is 3.